The molecule has 0 aliphatic carbocycles. The van der Waals surface area contributed by atoms with Crippen molar-refractivity contribution in [3.05, 3.63) is 69.1 Å². The lowest BCUT2D eigenvalue weighted by Gasteiger charge is -2.27. The molecule has 0 saturated heterocycles. The summed E-state index contributed by atoms with van der Waals surface area (Å²) in [4.78, 5) is 29.3. The molecule has 1 aromatic carbocycles. The highest BCUT2D eigenvalue weighted by molar-refractivity contribution is 7.12. The monoisotopic (exact) mass is 385 g/mol. The molecule has 0 unspecified atom stereocenters. The summed E-state index contributed by atoms with van der Waals surface area (Å²) >= 11 is 1.32. The second-order valence-electron chi connectivity index (χ2n) is 7.19. The number of amides is 1. The average molecular weight is 386 g/mol. The summed E-state index contributed by atoms with van der Waals surface area (Å²) in [7, 11) is 4.12. The number of aryl methyl sites for hydroxylation is 1. The van der Waals surface area contributed by atoms with Crippen LogP contribution in [0.2, 0.25) is 0 Å². The summed E-state index contributed by atoms with van der Waals surface area (Å²) in [5, 5.41) is 12.4. The van der Waals surface area contributed by atoms with Crippen molar-refractivity contribution >= 4 is 23.0 Å². The van der Waals surface area contributed by atoms with E-state index in [1.54, 1.807) is 17.0 Å². The lowest BCUT2D eigenvalue weighted by molar-refractivity contribution is -0.858. The molecule has 1 aliphatic rings. The summed E-state index contributed by atoms with van der Waals surface area (Å²) in [6.45, 7) is 3.39. The highest BCUT2D eigenvalue weighted by Crippen LogP contribution is 2.39. The highest BCUT2D eigenvalue weighted by Gasteiger charge is 2.43. The van der Waals surface area contributed by atoms with Gasteiger partial charge in [0.15, 0.2) is 5.76 Å². The van der Waals surface area contributed by atoms with Crippen LogP contribution in [-0.4, -0.2) is 48.9 Å². The van der Waals surface area contributed by atoms with Crippen molar-refractivity contribution in [2.24, 2.45) is 0 Å². The molecular weight excluding hydrogens is 360 g/mol. The fraction of sp³-hybridized carbons (Fsp3) is 0.333. The number of aliphatic hydroxyl groups excluding tert-OH is 1. The number of hydrogen-bond acceptors (Lipinski definition) is 4. The maximum absolute atomic E-state index is 13.1. The van der Waals surface area contributed by atoms with E-state index in [2.05, 4.69) is 14.1 Å². The number of nitrogens with one attached hydrogen (secondary N) is 1. The van der Waals surface area contributed by atoms with Gasteiger partial charge in [-0.2, -0.15) is 0 Å². The van der Waals surface area contributed by atoms with Gasteiger partial charge in [-0.25, -0.2) is 0 Å². The number of rotatable bonds is 7. The topological polar surface area (TPSA) is 62.0 Å². The first-order valence-electron chi connectivity index (χ1n) is 9.08. The molecule has 6 heteroatoms. The Labute approximate surface area is 163 Å². The van der Waals surface area contributed by atoms with Crippen LogP contribution >= 0.6 is 11.3 Å². The fourth-order valence-electron chi connectivity index (χ4n) is 3.35. The summed E-state index contributed by atoms with van der Waals surface area (Å²) < 4.78 is 0. The van der Waals surface area contributed by atoms with Crippen LogP contribution in [0, 0.1) is 6.92 Å². The van der Waals surface area contributed by atoms with E-state index in [1.807, 2.05) is 36.6 Å². The maximum Gasteiger partial charge on any atom is 0.290 e. The molecule has 0 saturated carbocycles. The van der Waals surface area contributed by atoms with Crippen LogP contribution in [0.15, 0.2) is 53.1 Å². The predicted octanol–water partition coefficient (Wildman–Crippen LogP) is 2.17. The molecule has 142 valence electrons. The van der Waals surface area contributed by atoms with E-state index in [9.17, 15) is 14.7 Å². The molecule has 1 amide bonds. The molecule has 0 radical (unpaired) electrons. The average Bonchev–Trinajstić information content (AvgIpc) is 3.25. The number of carbonyl (C=O) groups is 2. The molecule has 1 aromatic heterocycles. The zero-order chi connectivity index (χ0) is 19.6. The van der Waals surface area contributed by atoms with Gasteiger partial charge in [0, 0.05) is 13.0 Å². The van der Waals surface area contributed by atoms with Crippen molar-refractivity contribution in [2.75, 3.05) is 27.2 Å². The molecule has 0 fully saturated rings. The molecule has 2 N–H and O–H groups in total. The fourth-order valence-corrected chi connectivity index (χ4v) is 4.03. The number of thiophene rings is 1. The zero-order valence-electron chi connectivity index (χ0n) is 15.9. The molecule has 0 spiro atoms. The minimum Gasteiger partial charge on any atom is -0.503 e. The van der Waals surface area contributed by atoms with Gasteiger partial charge in [-0.3, -0.25) is 9.59 Å². The third-order valence-corrected chi connectivity index (χ3v) is 5.63. The molecule has 5 nitrogen and oxygen atoms in total. The number of ketones is 1. The lowest BCUT2D eigenvalue weighted by Crippen LogP contribution is -3.05. The van der Waals surface area contributed by atoms with Gasteiger partial charge in [-0.1, -0.05) is 35.9 Å². The van der Waals surface area contributed by atoms with Crippen molar-refractivity contribution in [3.8, 4) is 0 Å². The van der Waals surface area contributed by atoms with E-state index in [0.29, 0.717) is 11.4 Å². The van der Waals surface area contributed by atoms with Crippen LogP contribution in [-0.2, 0) is 4.79 Å². The summed E-state index contributed by atoms with van der Waals surface area (Å²) in [6, 6.07) is 10.8. The van der Waals surface area contributed by atoms with Crippen molar-refractivity contribution < 1.29 is 19.6 Å². The van der Waals surface area contributed by atoms with Crippen LogP contribution in [0.25, 0.3) is 0 Å². The first-order valence-corrected chi connectivity index (χ1v) is 9.96. The van der Waals surface area contributed by atoms with Crippen molar-refractivity contribution in [1.82, 2.24) is 4.90 Å². The first-order chi connectivity index (χ1) is 12.9. The highest BCUT2D eigenvalue weighted by atomic mass is 32.1. The van der Waals surface area contributed by atoms with Crippen LogP contribution in [0.5, 0.6) is 0 Å². The maximum atomic E-state index is 13.1. The van der Waals surface area contributed by atoms with Gasteiger partial charge < -0.3 is 14.9 Å². The second-order valence-corrected chi connectivity index (χ2v) is 8.14. The Hall–Kier alpha value is -2.44. The van der Waals surface area contributed by atoms with E-state index in [4.69, 9.17) is 0 Å². The predicted molar refractivity (Wildman–Crippen MR) is 106 cm³/mol. The molecule has 2 heterocycles. The Balaban J connectivity index is 1.99. The van der Waals surface area contributed by atoms with E-state index in [-0.39, 0.29) is 11.4 Å². The zero-order valence-corrected chi connectivity index (χ0v) is 16.7. The van der Waals surface area contributed by atoms with Gasteiger partial charge in [0.2, 0.25) is 5.78 Å². The van der Waals surface area contributed by atoms with Crippen LogP contribution in [0.1, 0.15) is 33.3 Å². The third kappa shape index (κ3) is 3.96. The molecule has 1 aliphatic heterocycles. The Bertz CT molecular complexity index is 854. The van der Waals surface area contributed by atoms with Crippen molar-refractivity contribution in [1.29, 1.82) is 0 Å². The molecule has 2 aromatic rings. The summed E-state index contributed by atoms with van der Waals surface area (Å²) in [5.41, 5.74) is 2.13. The number of benzene rings is 1. The number of nitrogens with zero attached hydrogens (tertiary/aromatic N) is 1. The van der Waals surface area contributed by atoms with Crippen LogP contribution in [0.3, 0.4) is 0 Å². The molecule has 1 atom stereocenters. The first kappa shape index (κ1) is 19.3. The minimum absolute atomic E-state index is 0.184. The third-order valence-electron chi connectivity index (χ3n) is 4.76. The Morgan fingerprint density at radius 3 is 2.52 bits per heavy atom. The Morgan fingerprint density at radius 2 is 1.93 bits per heavy atom. The Morgan fingerprint density at radius 1 is 1.22 bits per heavy atom. The van der Waals surface area contributed by atoms with E-state index >= 15 is 0 Å². The molecular formula is C21H25N2O3S+. The SMILES string of the molecule is Cc1ccc([C@@H]2C(C(=O)c3cccs3)=C(O)C(=O)N2CCC[NH+](C)C)cc1. The van der Waals surface area contributed by atoms with Gasteiger partial charge in [0.05, 0.1) is 37.1 Å². The van der Waals surface area contributed by atoms with E-state index < -0.39 is 17.7 Å². The second kappa shape index (κ2) is 8.06. The van der Waals surface area contributed by atoms with Gasteiger partial charge in [0.1, 0.15) is 0 Å². The number of aliphatic hydroxyl groups is 1. The van der Waals surface area contributed by atoms with Crippen molar-refractivity contribution in [2.45, 2.75) is 19.4 Å². The van der Waals surface area contributed by atoms with Crippen LogP contribution < -0.4 is 4.90 Å². The standard InChI is InChI=1S/C21H24N2O3S/c1-14-7-9-15(10-8-14)18-17(19(24)16-6-4-13-27-16)20(25)21(26)23(18)12-5-11-22(2)3/h4,6-10,13,18,25H,5,11-12H2,1-3H3/p+1/t18-/m1/s1. The van der Waals surface area contributed by atoms with Gasteiger partial charge in [-0.15, -0.1) is 11.3 Å². The number of carbonyl (C=O) groups excluding carboxylic acids is 2. The van der Waals surface area contributed by atoms with Gasteiger partial charge >= 0.3 is 0 Å². The van der Waals surface area contributed by atoms with E-state index in [1.165, 1.54) is 16.2 Å². The molecule has 27 heavy (non-hydrogen) atoms. The summed E-state index contributed by atoms with van der Waals surface area (Å²) in [6.07, 6.45) is 0.796. The molecule has 0 bridgehead atoms. The molecule has 3 rings (SSSR count). The van der Waals surface area contributed by atoms with Gasteiger partial charge in [0.25, 0.3) is 5.91 Å². The van der Waals surface area contributed by atoms with Gasteiger partial charge in [-0.05, 0) is 23.9 Å². The largest absolute Gasteiger partial charge is 0.503 e. The van der Waals surface area contributed by atoms with Crippen LogP contribution in [0.4, 0.5) is 0 Å². The number of Topliss-reactive ketones (excluding diaryl/α,β-unsaturated/α-hetero) is 1. The Kier molecular flexibility index (Phi) is 5.77. The smallest absolute Gasteiger partial charge is 0.290 e. The minimum atomic E-state index is -0.551. The van der Waals surface area contributed by atoms with Crippen molar-refractivity contribution in [3.63, 3.8) is 0 Å². The quantitative estimate of drug-likeness (QED) is 0.718. The van der Waals surface area contributed by atoms with E-state index in [0.717, 1.165) is 24.1 Å². The normalized spacial score (nSPS) is 17.3. The number of hydrogen-bond donors (Lipinski definition) is 2. The summed E-state index contributed by atoms with van der Waals surface area (Å²) in [5.74, 6) is -1.16. The number of quaternary nitrogens is 1. The lowest BCUT2D eigenvalue weighted by atomic mass is 9.95.